The summed E-state index contributed by atoms with van der Waals surface area (Å²) in [4.78, 5) is 17.3. The van der Waals surface area contributed by atoms with Crippen molar-refractivity contribution in [3.63, 3.8) is 0 Å². The van der Waals surface area contributed by atoms with Crippen LogP contribution in [0.2, 0.25) is 0 Å². The van der Waals surface area contributed by atoms with Crippen molar-refractivity contribution in [2.45, 2.75) is 25.4 Å². The molecule has 1 amide bonds. The molecule has 0 spiro atoms. The number of rotatable bonds is 4. The minimum Gasteiger partial charge on any atom is -0.368 e. The van der Waals surface area contributed by atoms with Gasteiger partial charge in [-0.15, -0.1) is 11.3 Å². The summed E-state index contributed by atoms with van der Waals surface area (Å²) >= 11 is 1.52. The maximum Gasteiger partial charge on any atom is 0.255 e. The monoisotopic (exact) mass is 288 g/mol. The van der Waals surface area contributed by atoms with Gasteiger partial charge in [-0.2, -0.15) is 0 Å². The quantitative estimate of drug-likeness (QED) is 0.941. The van der Waals surface area contributed by atoms with Crippen LogP contribution in [-0.4, -0.2) is 23.6 Å². The summed E-state index contributed by atoms with van der Waals surface area (Å²) in [5, 5.41) is 3.48. The normalized spacial score (nSPS) is 18.1. The molecule has 4 nitrogen and oxygen atoms in total. The first-order valence-corrected chi connectivity index (χ1v) is 7.54. The third kappa shape index (κ3) is 3.23. The lowest BCUT2D eigenvalue weighted by Gasteiger charge is -2.07. The molecule has 0 unspecified atom stereocenters. The number of hydrogen-bond donors (Lipinski definition) is 1. The first kappa shape index (κ1) is 13.3. The number of nitrogens with one attached hydrogen (secondary N) is 1. The molecule has 20 heavy (non-hydrogen) atoms. The SMILES string of the molecule is O=C(Nc1ncc(Cc2ccccc2)s1)[C@@H]1CCCO1. The topological polar surface area (TPSA) is 51.2 Å². The highest BCUT2D eigenvalue weighted by atomic mass is 32.1. The van der Waals surface area contributed by atoms with E-state index in [0.717, 1.165) is 24.1 Å². The van der Waals surface area contributed by atoms with E-state index in [0.29, 0.717) is 11.7 Å². The lowest BCUT2D eigenvalue weighted by Crippen LogP contribution is -2.26. The first-order valence-electron chi connectivity index (χ1n) is 6.72. The van der Waals surface area contributed by atoms with Gasteiger partial charge in [-0.05, 0) is 18.4 Å². The van der Waals surface area contributed by atoms with Crippen molar-refractivity contribution in [2.24, 2.45) is 0 Å². The minimum atomic E-state index is -0.309. The lowest BCUT2D eigenvalue weighted by molar-refractivity contribution is -0.124. The van der Waals surface area contributed by atoms with Crippen molar-refractivity contribution >= 4 is 22.4 Å². The van der Waals surface area contributed by atoms with Gasteiger partial charge in [-0.1, -0.05) is 30.3 Å². The molecular formula is C15H16N2O2S. The second-order valence-electron chi connectivity index (χ2n) is 4.79. The molecule has 1 aromatic carbocycles. The Hall–Kier alpha value is -1.72. The lowest BCUT2D eigenvalue weighted by atomic mass is 10.1. The number of aromatic nitrogens is 1. The van der Waals surface area contributed by atoms with Crippen LogP contribution in [-0.2, 0) is 16.0 Å². The van der Waals surface area contributed by atoms with Crippen LogP contribution >= 0.6 is 11.3 Å². The highest BCUT2D eigenvalue weighted by molar-refractivity contribution is 7.15. The molecule has 0 aliphatic carbocycles. The summed E-state index contributed by atoms with van der Waals surface area (Å²) in [6.45, 7) is 0.676. The molecule has 1 fully saturated rings. The smallest absolute Gasteiger partial charge is 0.255 e. The number of hydrogen-bond acceptors (Lipinski definition) is 4. The van der Waals surface area contributed by atoms with Gasteiger partial charge in [0.25, 0.3) is 5.91 Å². The molecule has 1 aliphatic heterocycles. The highest BCUT2D eigenvalue weighted by Gasteiger charge is 2.24. The molecule has 1 atom stereocenters. The summed E-state index contributed by atoms with van der Waals surface area (Å²) in [5.74, 6) is -0.0805. The average molecular weight is 288 g/mol. The summed E-state index contributed by atoms with van der Waals surface area (Å²) in [5.41, 5.74) is 1.24. The van der Waals surface area contributed by atoms with Crippen molar-refractivity contribution in [3.05, 3.63) is 47.0 Å². The fourth-order valence-electron chi connectivity index (χ4n) is 2.21. The number of carbonyl (C=O) groups is 1. The molecule has 0 bridgehead atoms. The summed E-state index contributed by atoms with van der Waals surface area (Å²) < 4.78 is 5.35. The number of anilines is 1. The minimum absolute atomic E-state index is 0.0805. The average Bonchev–Trinajstić information content (AvgIpc) is 3.11. The molecule has 3 rings (SSSR count). The van der Waals surface area contributed by atoms with E-state index in [1.807, 2.05) is 24.4 Å². The van der Waals surface area contributed by atoms with E-state index in [2.05, 4.69) is 22.4 Å². The van der Waals surface area contributed by atoms with Crippen LogP contribution < -0.4 is 5.32 Å². The van der Waals surface area contributed by atoms with Crippen LogP contribution in [0.4, 0.5) is 5.13 Å². The first-order chi connectivity index (χ1) is 9.81. The molecule has 104 valence electrons. The van der Waals surface area contributed by atoms with Crippen molar-refractivity contribution in [2.75, 3.05) is 11.9 Å². The van der Waals surface area contributed by atoms with Crippen molar-refractivity contribution in [1.29, 1.82) is 0 Å². The Morgan fingerprint density at radius 2 is 2.25 bits per heavy atom. The molecule has 0 radical (unpaired) electrons. The van der Waals surface area contributed by atoms with Crippen molar-refractivity contribution in [1.82, 2.24) is 4.98 Å². The largest absolute Gasteiger partial charge is 0.368 e. The number of nitrogens with zero attached hydrogens (tertiary/aromatic N) is 1. The van der Waals surface area contributed by atoms with Gasteiger partial charge in [0.15, 0.2) is 5.13 Å². The Balaban J connectivity index is 1.60. The van der Waals surface area contributed by atoms with E-state index in [-0.39, 0.29) is 12.0 Å². The number of thiazole rings is 1. The van der Waals surface area contributed by atoms with E-state index < -0.39 is 0 Å². The van der Waals surface area contributed by atoms with E-state index >= 15 is 0 Å². The van der Waals surface area contributed by atoms with Gasteiger partial charge in [0.2, 0.25) is 0 Å². The fourth-order valence-corrected chi connectivity index (χ4v) is 3.06. The zero-order valence-electron chi connectivity index (χ0n) is 11.0. The van der Waals surface area contributed by atoms with Crippen LogP contribution in [0.5, 0.6) is 0 Å². The zero-order valence-corrected chi connectivity index (χ0v) is 11.9. The van der Waals surface area contributed by atoms with Gasteiger partial charge in [0.05, 0.1) is 0 Å². The van der Waals surface area contributed by atoms with Crippen LogP contribution in [0, 0.1) is 0 Å². The van der Waals surface area contributed by atoms with Gasteiger partial charge < -0.3 is 4.74 Å². The molecule has 1 aliphatic rings. The van der Waals surface area contributed by atoms with Crippen LogP contribution in [0.15, 0.2) is 36.5 Å². The van der Waals surface area contributed by atoms with Gasteiger partial charge >= 0.3 is 0 Å². The number of ether oxygens (including phenoxy) is 1. The molecule has 2 heterocycles. The maximum absolute atomic E-state index is 11.9. The van der Waals surface area contributed by atoms with Crippen LogP contribution in [0.3, 0.4) is 0 Å². The third-order valence-corrected chi connectivity index (χ3v) is 4.14. The van der Waals surface area contributed by atoms with Gasteiger partial charge in [-0.3, -0.25) is 10.1 Å². The van der Waals surface area contributed by atoms with Gasteiger partial charge in [0.1, 0.15) is 6.10 Å². The Morgan fingerprint density at radius 1 is 1.40 bits per heavy atom. The molecular weight excluding hydrogens is 272 g/mol. The van der Waals surface area contributed by atoms with Crippen LogP contribution in [0.1, 0.15) is 23.3 Å². The molecule has 5 heteroatoms. The van der Waals surface area contributed by atoms with E-state index in [9.17, 15) is 4.79 Å². The van der Waals surface area contributed by atoms with Gasteiger partial charge in [0, 0.05) is 24.1 Å². The van der Waals surface area contributed by atoms with E-state index in [1.165, 1.54) is 16.9 Å². The van der Waals surface area contributed by atoms with Crippen LogP contribution in [0.25, 0.3) is 0 Å². The van der Waals surface area contributed by atoms with Gasteiger partial charge in [-0.25, -0.2) is 4.98 Å². The maximum atomic E-state index is 11.9. The number of amides is 1. The molecule has 0 saturated carbocycles. The molecule has 1 saturated heterocycles. The summed E-state index contributed by atoms with van der Waals surface area (Å²) in [7, 11) is 0. The second kappa shape index (κ2) is 6.15. The third-order valence-electron chi connectivity index (χ3n) is 3.23. The Kier molecular flexibility index (Phi) is 4.08. The highest BCUT2D eigenvalue weighted by Crippen LogP contribution is 2.22. The second-order valence-corrected chi connectivity index (χ2v) is 5.90. The Labute approximate surface area is 121 Å². The molecule has 1 aromatic heterocycles. The predicted octanol–water partition coefficient (Wildman–Crippen LogP) is 2.85. The number of carbonyl (C=O) groups excluding carboxylic acids is 1. The molecule has 2 aromatic rings. The standard InChI is InChI=1S/C15H16N2O2S/c18-14(13-7-4-8-19-13)17-15-16-10-12(20-15)9-11-5-2-1-3-6-11/h1-3,5-6,10,13H,4,7-9H2,(H,16,17,18)/t13-/m0/s1. The predicted molar refractivity (Wildman–Crippen MR) is 79.0 cm³/mol. The summed E-state index contributed by atoms with van der Waals surface area (Å²) in [6, 6.07) is 10.2. The Bertz CT molecular complexity index is 577. The molecule has 1 N–H and O–H groups in total. The fraction of sp³-hybridized carbons (Fsp3) is 0.333. The Morgan fingerprint density at radius 3 is 3.00 bits per heavy atom. The van der Waals surface area contributed by atoms with E-state index in [1.54, 1.807) is 0 Å². The summed E-state index contributed by atoms with van der Waals surface area (Å²) in [6.07, 6.45) is 4.11. The number of benzene rings is 1. The van der Waals surface area contributed by atoms with Crippen molar-refractivity contribution < 1.29 is 9.53 Å². The van der Waals surface area contributed by atoms with Crippen molar-refractivity contribution in [3.8, 4) is 0 Å². The zero-order chi connectivity index (χ0) is 13.8. The van der Waals surface area contributed by atoms with E-state index in [4.69, 9.17) is 4.74 Å².